The molecule has 0 bridgehead atoms. The third-order valence-corrected chi connectivity index (χ3v) is 3.08. The predicted octanol–water partition coefficient (Wildman–Crippen LogP) is 3.57. The summed E-state index contributed by atoms with van der Waals surface area (Å²) in [5.41, 5.74) is 2.99. The Kier molecular flexibility index (Phi) is 4.56. The Bertz CT molecular complexity index is 401. The van der Waals surface area contributed by atoms with Crippen molar-refractivity contribution in [3.63, 3.8) is 0 Å². The smallest absolute Gasteiger partial charge is 0.123 e. The van der Waals surface area contributed by atoms with E-state index in [1.807, 2.05) is 32.9 Å². The van der Waals surface area contributed by atoms with Crippen LogP contribution in [-0.2, 0) is 0 Å². The molecule has 16 heavy (non-hydrogen) atoms. The zero-order valence-electron chi connectivity index (χ0n) is 9.97. The zero-order valence-corrected chi connectivity index (χ0v) is 11.6. The van der Waals surface area contributed by atoms with Crippen LogP contribution in [0.3, 0.4) is 0 Å². The van der Waals surface area contributed by atoms with Crippen molar-refractivity contribution in [1.29, 1.82) is 0 Å². The van der Waals surface area contributed by atoms with Crippen LogP contribution in [0.15, 0.2) is 23.2 Å². The van der Waals surface area contributed by atoms with Crippen LogP contribution in [-0.4, -0.2) is 11.7 Å². The number of hydrogen-bond acceptors (Lipinski definition) is 2. The molecule has 0 spiro atoms. The Morgan fingerprint density at radius 2 is 2.12 bits per heavy atom. The number of aryl methyl sites for hydroxylation is 1. The van der Waals surface area contributed by atoms with E-state index in [0.29, 0.717) is 12.3 Å². The lowest BCUT2D eigenvalue weighted by molar-refractivity contribution is 0.451. The Labute approximate surface area is 106 Å². The summed E-state index contributed by atoms with van der Waals surface area (Å²) in [4.78, 5) is 0. The number of hydrogen-bond donors (Lipinski definition) is 2. The normalized spacial score (nSPS) is 12.5. The molecule has 1 aromatic rings. The van der Waals surface area contributed by atoms with Gasteiger partial charge in [0, 0.05) is 22.6 Å². The van der Waals surface area contributed by atoms with E-state index in [1.165, 1.54) is 0 Å². The number of rotatable bonds is 4. The van der Waals surface area contributed by atoms with Gasteiger partial charge in [-0.2, -0.15) is 0 Å². The van der Waals surface area contributed by atoms with Crippen molar-refractivity contribution in [2.75, 3.05) is 6.54 Å². The standard InChI is InChI=1S/C13H18BrNO/c1-8-5-6-12(13(16)10(8)3)11(4)15-7-9(2)14/h5-6,11,15-16H,2,7H2,1,3-4H3. The molecule has 0 aliphatic heterocycles. The number of nitrogens with one attached hydrogen (secondary N) is 1. The van der Waals surface area contributed by atoms with Gasteiger partial charge in [0.2, 0.25) is 0 Å². The summed E-state index contributed by atoms with van der Waals surface area (Å²) in [6.07, 6.45) is 0. The van der Waals surface area contributed by atoms with Crippen molar-refractivity contribution in [2.45, 2.75) is 26.8 Å². The molecule has 1 rings (SSSR count). The van der Waals surface area contributed by atoms with Crippen LogP contribution >= 0.6 is 15.9 Å². The van der Waals surface area contributed by atoms with Crippen LogP contribution < -0.4 is 5.32 Å². The molecule has 1 unspecified atom stereocenters. The third-order valence-electron chi connectivity index (χ3n) is 2.80. The fourth-order valence-corrected chi connectivity index (χ4v) is 1.71. The van der Waals surface area contributed by atoms with Crippen molar-refractivity contribution >= 4 is 15.9 Å². The molecule has 1 aromatic carbocycles. The molecular formula is C13H18BrNO. The maximum absolute atomic E-state index is 10.0. The van der Waals surface area contributed by atoms with E-state index in [1.54, 1.807) is 0 Å². The molecule has 3 heteroatoms. The molecule has 0 amide bonds. The van der Waals surface area contributed by atoms with Gasteiger partial charge in [0.1, 0.15) is 5.75 Å². The minimum Gasteiger partial charge on any atom is -0.507 e. The summed E-state index contributed by atoms with van der Waals surface area (Å²) in [5, 5.41) is 13.3. The highest BCUT2D eigenvalue weighted by Gasteiger charge is 2.12. The summed E-state index contributed by atoms with van der Waals surface area (Å²) in [7, 11) is 0. The van der Waals surface area contributed by atoms with E-state index < -0.39 is 0 Å². The van der Waals surface area contributed by atoms with Gasteiger partial charge < -0.3 is 10.4 Å². The van der Waals surface area contributed by atoms with Gasteiger partial charge in [0.15, 0.2) is 0 Å². The molecule has 0 radical (unpaired) electrons. The number of phenols is 1. The first-order valence-corrected chi connectivity index (χ1v) is 6.08. The van der Waals surface area contributed by atoms with Crippen LogP contribution in [0, 0.1) is 13.8 Å². The van der Waals surface area contributed by atoms with E-state index in [9.17, 15) is 5.11 Å². The van der Waals surface area contributed by atoms with Crippen molar-refractivity contribution < 1.29 is 5.11 Å². The number of halogens is 1. The van der Waals surface area contributed by atoms with Crippen LogP contribution in [0.5, 0.6) is 5.75 Å². The van der Waals surface area contributed by atoms with Gasteiger partial charge in [0.25, 0.3) is 0 Å². The molecule has 0 fully saturated rings. The maximum Gasteiger partial charge on any atom is 0.123 e. The average molecular weight is 284 g/mol. The lowest BCUT2D eigenvalue weighted by Gasteiger charge is -2.17. The molecule has 0 aliphatic rings. The monoisotopic (exact) mass is 283 g/mol. The zero-order chi connectivity index (χ0) is 12.3. The second-order valence-corrected chi connectivity index (χ2v) is 5.19. The summed E-state index contributed by atoms with van der Waals surface area (Å²) < 4.78 is 0.905. The number of aromatic hydroxyl groups is 1. The van der Waals surface area contributed by atoms with E-state index in [0.717, 1.165) is 21.2 Å². The summed E-state index contributed by atoms with van der Waals surface area (Å²) in [5.74, 6) is 0.389. The molecule has 0 aliphatic carbocycles. The summed E-state index contributed by atoms with van der Waals surface area (Å²) >= 11 is 3.30. The van der Waals surface area contributed by atoms with Crippen molar-refractivity contribution in [3.05, 3.63) is 39.9 Å². The maximum atomic E-state index is 10.0. The predicted molar refractivity (Wildman–Crippen MR) is 72.1 cm³/mol. The Hall–Kier alpha value is -0.800. The number of phenolic OH excluding ortho intramolecular Hbond substituents is 1. The van der Waals surface area contributed by atoms with Gasteiger partial charge in [-0.05, 0) is 31.9 Å². The van der Waals surface area contributed by atoms with Crippen LogP contribution in [0.2, 0.25) is 0 Å². The lowest BCUT2D eigenvalue weighted by Crippen LogP contribution is -2.20. The van der Waals surface area contributed by atoms with Crippen LogP contribution in [0.25, 0.3) is 0 Å². The van der Waals surface area contributed by atoms with Crippen molar-refractivity contribution in [1.82, 2.24) is 5.32 Å². The Morgan fingerprint density at radius 1 is 1.50 bits per heavy atom. The summed E-state index contributed by atoms with van der Waals surface area (Å²) in [6.45, 7) is 10.4. The Balaban J connectivity index is 2.87. The molecule has 2 N–H and O–H groups in total. The first-order chi connectivity index (χ1) is 7.43. The van der Waals surface area contributed by atoms with Gasteiger partial charge in [-0.15, -0.1) is 0 Å². The van der Waals surface area contributed by atoms with Gasteiger partial charge >= 0.3 is 0 Å². The quantitative estimate of drug-likeness (QED) is 0.886. The average Bonchev–Trinajstić information content (AvgIpc) is 2.23. The molecule has 0 aromatic heterocycles. The first-order valence-electron chi connectivity index (χ1n) is 5.29. The van der Waals surface area contributed by atoms with E-state index in [2.05, 4.69) is 27.8 Å². The fraction of sp³-hybridized carbons (Fsp3) is 0.385. The number of benzene rings is 1. The molecule has 0 heterocycles. The van der Waals surface area contributed by atoms with Gasteiger partial charge in [0.05, 0.1) is 0 Å². The minimum absolute atomic E-state index is 0.105. The Morgan fingerprint density at radius 3 is 2.69 bits per heavy atom. The highest BCUT2D eigenvalue weighted by atomic mass is 79.9. The van der Waals surface area contributed by atoms with Crippen molar-refractivity contribution in [2.24, 2.45) is 0 Å². The van der Waals surface area contributed by atoms with E-state index >= 15 is 0 Å². The first kappa shape index (κ1) is 13.3. The SMILES string of the molecule is C=C(Br)CNC(C)c1ccc(C)c(C)c1O. The largest absolute Gasteiger partial charge is 0.507 e. The fourth-order valence-electron chi connectivity index (χ4n) is 1.55. The second kappa shape index (κ2) is 5.51. The topological polar surface area (TPSA) is 32.3 Å². The lowest BCUT2D eigenvalue weighted by atomic mass is 10.00. The molecular weight excluding hydrogens is 266 g/mol. The molecule has 1 atom stereocenters. The van der Waals surface area contributed by atoms with Crippen LogP contribution in [0.1, 0.15) is 29.7 Å². The highest BCUT2D eigenvalue weighted by Crippen LogP contribution is 2.29. The molecule has 88 valence electrons. The van der Waals surface area contributed by atoms with Gasteiger partial charge in [-0.3, -0.25) is 0 Å². The molecule has 0 saturated carbocycles. The third kappa shape index (κ3) is 3.09. The van der Waals surface area contributed by atoms with Gasteiger partial charge in [-0.1, -0.05) is 34.6 Å². The summed E-state index contributed by atoms with van der Waals surface area (Å²) in [6, 6.07) is 4.10. The van der Waals surface area contributed by atoms with Crippen molar-refractivity contribution in [3.8, 4) is 5.75 Å². The molecule has 2 nitrogen and oxygen atoms in total. The van der Waals surface area contributed by atoms with Gasteiger partial charge in [-0.25, -0.2) is 0 Å². The second-order valence-electron chi connectivity index (χ2n) is 4.07. The molecule has 0 saturated heterocycles. The van der Waals surface area contributed by atoms with E-state index in [4.69, 9.17) is 0 Å². The van der Waals surface area contributed by atoms with Crippen LogP contribution in [0.4, 0.5) is 0 Å². The minimum atomic E-state index is 0.105. The highest BCUT2D eigenvalue weighted by molar-refractivity contribution is 9.11. The van der Waals surface area contributed by atoms with E-state index in [-0.39, 0.29) is 6.04 Å².